The minimum absolute atomic E-state index is 1.09. The summed E-state index contributed by atoms with van der Waals surface area (Å²) in [6, 6.07) is 90.4. The van der Waals surface area contributed by atoms with E-state index in [0.29, 0.717) is 0 Å². The Balaban J connectivity index is 0.991. The van der Waals surface area contributed by atoms with E-state index in [0.717, 1.165) is 17.1 Å². The van der Waals surface area contributed by atoms with Crippen molar-refractivity contribution in [2.24, 2.45) is 0 Å². The van der Waals surface area contributed by atoms with Crippen LogP contribution in [0.3, 0.4) is 0 Å². The molecule has 0 aliphatic rings. The van der Waals surface area contributed by atoms with Gasteiger partial charge in [-0.15, -0.1) is 0 Å². The first-order valence-corrected chi connectivity index (χ1v) is 21.0. The fourth-order valence-corrected chi connectivity index (χ4v) is 9.06. The predicted molar refractivity (Wildman–Crippen MR) is 261 cm³/mol. The average Bonchev–Trinajstić information content (AvgIpc) is 3.34. The summed E-state index contributed by atoms with van der Waals surface area (Å²) >= 11 is 0. The van der Waals surface area contributed by atoms with Gasteiger partial charge in [-0.3, -0.25) is 0 Å². The Morgan fingerprint density at radius 1 is 0.197 bits per heavy atom. The van der Waals surface area contributed by atoms with Crippen molar-refractivity contribution in [3.8, 4) is 55.6 Å². The first-order valence-electron chi connectivity index (χ1n) is 21.0. The van der Waals surface area contributed by atoms with Gasteiger partial charge < -0.3 is 4.90 Å². The molecule has 0 fully saturated rings. The highest BCUT2D eigenvalue weighted by molar-refractivity contribution is 6.02. The van der Waals surface area contributed by atoms with E-state index in [9.17, 15) is 0 Å². The van der Waals surface area contributed by atoms with Crippen molar-refractivity contribution < 1.29 is 0 Å². The second-order valence-corrected chi connectivity index (χ2v) is 15.7. The fraction of sp³-hybridized carbons (Fsp3) is 0. The molecule has 0 amide bonds. The van der Waals surface area contributed by atoms with Gasteiger partial charge in [0.2, 0.25) is 0 Å². The maximum Gasteiger partial charge on any atom is 0.0462 e. The maximum absolute atomic E-state index is 2.36. The number of rotatable bonds is 8. The molecule has 11 aromatic carbocycles. The van der Waals surface area contributed by atoms with E-state index in [1.54, 1.807) is 0 Å². The molecule has 0 unspecified atom stereocenters. The number of nitrogens with zero attached hydrogens (tertiary/aromatic N) is 1. The second-order valence-electron chi connectivity index (χ2n) is 15.7. The quantitative estimate of drug-likeness (QED) is 0.149. The lowest BCUT2D eigenvalue weighted by atomic mass is 9.89. The zero-order valence-corrected chi connectivity index (χ0v) is 33.6. The third kappa shape index (κ3) is 6.83. The van der Waals surface area contributed by atoms with Gasteiger partial charge in [0.05, 0.1) is 0 Å². The molecule has 0 saturated heterocycles. The summed E-state index contributed by atoms with van der Waals surface area (Å²) in [6.07, 6.45) is 0. The van der Waals surface area contributed by atoms with E-state index in [1.807, 2.05) is 0 Å². The van der Waals surface area contributed by atoms with Crippen molar-refractivity contribution >= 4 is 49.4 Å². The van der Waals surface area contributed by atoms with Crippen LogP contribution >= 0.6 is 0 Å². The second kappa shape index (κ2) is 15.6. The summed E-state index contributed by atoms with van der Waals surface area (Å²) in [6.45, 7) is 0. The van der Waals surface area contributed by atoms with Gasteiger partial charge in [0.1, 0.15) is 0 Å². The lowest BCUT2D eigenvalue weighted by molar-refractivity contribution is 1.28. The Morgan fingerprint density at radius 3 is 1.05 bits per heavy atom. The highest BCUT2D eigenvalue weighted by atomic mass is 15.1. The summed E-state index contributed by atoms with van der Waals surface area (Å²) in [5.74, 6) is 0. The van der Waals surface area contributed by atoms with Gasteiger partial charge in [0.25, 0.3) is 0 Å². The molecule has 1 nitrogen and oxygen atoms in total. The first-order chi connectivity index (χ1) is 30.2. The van der Waals surface area contributed by atoms with E-state index in [-0.39, 0.29) is 0 Å². The van der Waals surface area contributed by atoms with Gasteiger partial charge in [-0.1, -0.05) is 206 Å². The molecule has 0 spiro atoms. The number of anilines is 3. The molecule has 0 aliphatic carbocycles. The highest BCUT2D eigenvalue weighted by Crippen LogP contribution is 2.42. The van der Waals surface area contributed by atoms with Crippen molar-refractivity contribution in [2.45, 2.75) is 0 Å². The van der Waals surface area contributed by atoms with Crippen LogP contribution in [0, 0.1) is 0 Å². The fourth-order valence-electron chi connectivity index (χ4n) is 9.06. The molecule has 0 bridgehead atoms. The minimum atomic E-state index is 1.09. The smallest absolute Gasteiger partial charge is 0.0462 e. The SMILES string of the molecule is c1ccc(-c2cc(-c3ccc(N(c4ccc(-c5cccc6ccccc56)cc4)c4ccc(-c5cccc6ccccc56)cc4)cc3)ccc2-c2cccc3ccccc23)cc1. The summed E-state index contributed by atoms with van der Waals surface area (Å²) < 4.78 is 0. The molecule has 0 radical (unpaired) electrons. The third-order valence-electron chi connectivity index (χ3n) is 12.1. The molecule has 61 heavy (non-hydrogen) atoms. The molecule has 0 atom stereocenters. The Morgan fingerprint density at radius 2 is 0.557 bits per heavy atom. The lowest BCUT2D eigenvalue weighted by Crippen LogP contribution is -2.09. The molecule has 0 heterocycles. The van der Waals surface area contributed by atoms with Gasteiger partial charge in [-0.2, -0.15) is 0 Å². The number of hydrogen-bond acceptors (Lipinski definition) is 1. The molecule has 0 saturated carbocycles. The Labute approximate surface area is 357 Å². The monoisotopic (exact) mass is 775 g/mol. The number of benzene rings is 11. The van der Waals surface area contributed by atoms with Gasteiger partial charge in [0, 0.05) is 17.1 Å². The Kier molecular flexibility index (Phi) is 9.26. The van der Waals surface area contributed by atoms with E-state index >= 15 is 0 Å². The van der Waals surface area contributed by atoms with E-state index < -0.39 is 0 Å². The van der Waals surface area contributed by atoms with Crippen LogP contribution in [0.15, 0.2) is 249 Å². The van der Waals surface area contributed by atoms with Gasteiger partial charge >= 0.3 is 0 Å². The van der Waals surface area contributed by atoms with Crippen LogP contribution in [0.4, 0.5) is 17.1 Å². The Bertz CT molecular complexity index is 3190. The van der Waals surface area contributed by atoms with E-state index in [1.165, 1.54) is 88.0 Å². The van der Waals surface area contributed by atoms with Gasteiger partial charge in [-0.25, -0.2) is 0 Å². The van der Waals surface area contributed by atoms with Crippen LogP contribution < -0.4 is 4.90 Å². The number of fused-ring (bicyclic) bond motifs is 3. The average molecular weight is 776 g/mol. The maximum atomic E-state index is 2.36. The van der Waals surface area contributed by atoms with Crippen LogP contribution in [0.25, 0.3) is 88.0 Å². The van der Waals surface area contributed by atoms with Crippen LogP contribution in [-0.4, -0.2) is 0 Å². The topological polar surface area (TPSA) is 3.24 Å². The molecule has 0 aliphatic heterocycles. The van der Waals surface area contributed by atoms with Gasteiger partial charge in [-0.05, 0) is 130 Å². The molecule has 11 rings (SSSR count). The summed E-state index contributed by atoms with van der Waals surface area (Å²) in [5, 5.41) is 7.52. The standard InChI is InChI=1S/C60H41N/c1-2-13-46(14-3-1)60-41-49(33-40-59(60)58-26-12-20-45-17-6-9-23-57(45)58)42-27-34-50(35-28-42)61(51-36-29-47(30-37-51)55-24-10-18-43-15-4-7-21-53(43)55)52-38-31-48(32-39-52)56-25-11-19-44-16-5-8-22-54(44)56/h1-41H. The number of hydrogen-bond donors (Lipinski definition) is 0. The molecular weight excluding hydrogens is 735 g/mol. The van der Waals surface area contributed by atoms with Crippen LogP contribution in [0.2, 0.25) is 0 Å². The lowest BCUT2D eigenvalue weighted by Gasteiger charge is -2.26. The largest absolute Gasteiger partial charge is 0.311 e. The zero-order chi connectivity index (χ0) is 40.5. The van der Waals surface area contributed by atoms with Crippen LogP contribution in [0.5, 0.6) is 0 Å². The normalized spacial score (nSPS) is 11.3. The predicted octanol–water partition coefficient (Wildman–Crippen LogP) is 17.0. The highest BCUT2D eigenvalue weighted by Gasteiger charge is 2.17. The van der Waals surface area contributed by atoms with E-state index in [2.05, 4.69) is 254 Å². The molecule has 0 aromatic heterocycles. The summed E-state index contributed by atoms with van der Waals surface area (Å²) in [4.78, 5) is 2.36. The molecule has 11 aromatic rings. The van der Waals surface area contributed by atoms with Crippen molar-refractivity contribution in [2.75, 3.05) is 4.90 Å². The van der Waals surface area contributed by atoms with Crippen LogP contribution in [-0.2, 0) is 0 Å². The van der Waals surface area contributed by atoms with Crippen molar-refractivity contribution in [1.29, 1.82) is 0 Å². The molecular formula is C60H41N. The van der Waals surface area contributed by atoms with Crippen molar-refractivity contribution in [1.82, 2.24) is 0 Å². The zero-order valence-electron chi connectivity index (χ0n) is 33.6. The minimum Gasteiger partial charge on any atom is -0.311 e. The van der Waals surface area contributed by atoms with Crippen molar-refractivity contribution in [3.63, 3.8) is 0 Å². The van der Waals surface area contributed by atoms with Gasteiger partial charge in [0.15, 0.2) is 0 Å². The summed E-state index contributed by atoms with van der Waals surface area (Å²) in [5.41, 5.74) is 15.4. The third-order valence-corrected chi connectivity index (χ3v) is 12.1. The van der Waals surface area contributed by atoms with Crippen molar-refractivity contribution in [3.05, 3.63) is 249 Å². The summed E-state index contributed by atoms with van der Waals surface area (Å²) in [7, 11) is 0. The molecule has 1 heteroatoms. The molecule has 0 N–H and O–H groups in total. The van der Waals surface area contributed by atoms with Crippen LogP contribution in [0.1, 0.15) is 0 Å². The Hall–Kier alpha value is -8.00. The molecule has 286 valence electrons. The van der Waals surface area contributed by atoms with E-state index in [4.69, 9.17) is 0 Å². The first kappa shape index (κ1) is 36.1.